The monoisotopic (exact) mass is 283 g/mol. The zero-order chi connectivity index (χ0) is 14.9. The van der Waals surface area contributed by atoms with Crippen LogP contribution in [0.2, 0.25) is 0 Å². The first-order chi connectivity index (χ1) is 9.27. The van der Waals surface area contributed by atoms with E-state index in [1.807, 2.05) is 13.1 Å². The molecule has 1 unspecified atom stereocenters. The fraction of sp³-hybridized carbons (Fsp3) is 0.357. The highest BCUT2D eigenvalue weighted by molar-refractivity contribution is 5.28. The second-order valence-electron chi connectivity index (χ2n) is 4.85. The molecule has 0 fully saturated rings. The van der Waals surface area contributed by atoms with Gasteiger partial charge in [-0.15, -0.1) is 0 Å². The summed E-state index contributed by atoms with van der Waals surface area (Å²) in [7, 11) is 1.81. The molecule has 0 aliphatic carbocycles. The van der Waals surface area contributed by atoms with E-state index < -0.39 is 11.7 Å². The maximum absolute atomic E-state index is 12.5. The van der Waals surface area contributed by atoms with E-state index in [-0.39, 0.29) is 6.04 Å². The number of aryl methyl sites for hydroxylation is 2. The van der Waals surface area contributed by atoms with Crippen molar-refractivity contribution in [3.8, 4) is 0 Å². The predicted octanol–water partition coefficient (Wildman–Crippen LogP) is 2.99. The van der Waals surface area contributed by atoms with Gasteiger partial charge in [0.15, 0.2) is 0 Å². The third kappa shape index (κ3) is 3.19. The number of hydrogen-bond donors (Lipinski definition) is 1. The lowest BCUT2D eigenvalue weighted by Gasteiger charge is -2.12. The number of rotatable bonds is 3. The highest BCUT2D eigenvalue weighted by Crippen LogP contribution is 2.29. The van der Waals surface area contributed by atoms with Gasteiger partial charge in [0.05, 0.1) is 11.3 Å². The molecular formula is C14H16F3N3. The van der Waals surface area contributed by atoms with Crippen LogP contribution < -0.4 is 5.73 Å². The highest BCUT2D eigenvalue weighted by atomic mass is 19.4. The van der Waals surface area contributed by atoms with Crippen molar-refractivity contribution in [3.05, 3.63) is 52.8 Å². The number of aromatic nitrogens is 2. The first-order valence-corrected chi connectivity index (χ1v) is 6.19. The summed E-state index contributed by atoms with van der Waals surface area (Å²) in [6.45, 7) is 1.86. The largest absolute Gasteiger partial charge is 0.416 e. The molecule has 6 heteroatoms. The van der Waals surface area contributed by atoms with Crippen molar-refractivity contribution in [2.75, 3.05) is 0 Å². The molecule has 2 rings (SSSR count). The smallest absolute Gasteiger partial charge is 0.324 e. The van der Waals surface area contributed by atoms with Crippen molar-refractivity contribution in [2.24, 2.45) is 12.8 Å². The quantitative estimate of drug-likeness (QED) is 0.941. The average molecular weight is 283 g/mol. The molecule has 0 bridgehead atoms. The van der Waals surface area contributed by atoms with Gasteiger partial charge >= 0.3 is 6.18 Å². The van der Waals surface area contributed by atoms with Crippen LogP contribution >= 0.6 is 0 Å². The number of halogens is 3. The van der Waals surface area contributed by atoms with Crippen LogP contribution in [0.5, 0.6) is 0 Å². The SMILES string of the molecule is Cc1nn(C)cc1C(N)Cc1ccc(C(F)(F)F)cc1. The molecule has 20 heavy (non-hydrogen) atoms. The molecule has 108 valence electrons. The summed E-state index contributed by atoms with van der Waals surface area (Å²) in [5.41, 5.74) is 7.96. The molecule has 1 aromatic carbocycles. The third-order valence-electron chi connectivity index (χ3n) is 3.19. The Kier molecular flexibility index (Phi) is 3.85. The van der Waals surface area contributed by atoms with Crippen molar-refractivity contribution >= 4 is 0 Å². The van der Waals surface area contributed by atoms with Gasteiger partial charge in [-0.3, -0.25) is 4.68 Å². The Bertz CT molecular complexity index is 585. The van der Waals surface area contributed by atoms with Crippen molar-refractivity contribution in [1.29, 1.82) is 0 Å². The lowest BCUT2D eigenvalue weighted by molar-refractivity contribution is -0.137. The Morgan fingerprint density at radius 1 is 1.25 bits per heavy atom. The third-order valence-corrected chi connectivity index (χ3v) is 3.19. The van der Waals surface area contributed by atoms with Gasteiger partial charge in [0.25, 0.3) is 0 Å². The van der Waals surface area contributed by atoms with Crippen molar-refractivity contribution < 1.29 is 13.2 Å². The second kappa shape index (κ2) is 5.28. The maximum atomic E-state index is 12.5. The summed E-state index contributed by atoms with van der Waals surface area (Å²) in [5, 5.41) is 4.21. The normalized spacial score (nSPS) is 13.5. The molecular weight excluding hydrogens is 267 g/mol. The summed E-state index contributed by atoms with van der Waals surface area (Å²) in [6.07, 6.45) is -1.99. The van der Waals surface area contributed by atoms with E-state index in [1.165, 1.54) is 12.1 Å². The van der Waals surface area contributed by atoms with Crippen LogP contribution in [-0.4, -0.2) is 9.78 Å². The van der Waals surface area contributed by atoms with Gasteiger partial charge < -0.3 is 5.73 Å². The van der Waals surface area contributed by atoms with E-state index >= 15 is 0 Å². The molecule has 2 aromatic rings. The Balaban J connectivity index is 2.12. The lowest BCUT2D eigenvalue weighted by Crippen LogP contribution is -2.14. The van der Waals surface area contributed by atoms with Gasteiger partial charge in [-0.25, -0.2) is 0 Å². The fourth-order valence-electron chi connectivity index (χ4n) is 2.18. The molecule has 1 heterocycles. The van der Waals surface area contributed by atoms with Crippen molar-refractivity contribution in [1.82, 2.24) is 9.78 Å². The summed E-state index contributed by atoms with van der Waals surface area (Å²) >= 11 is 0. The van der Waals surface area contributed by atoms with Crippen LogP contribution in [-0.2, 0) is 19.6 Å². The topological polar surface area (TPSA) is 43.8 Å². The Morgan fingerprint density at radius 3 is 2.30 bits per heavy atom. The van der Waals surface area contributed by atoms with Gasteiger partial charge in [-0.05, 0) is 31.0 Å². The van der Waals surface area contributed by atoms with E-state index in [0.29, 0.717) is 6.42 Å². The maximum Gasteiger partial charge on any atom is 0.416 e. The van der Waals surface area contributed by atoms with Gasteiger partial charge in [0.2, 0.25) is 0 Å². The Hall–Kier alpha value is -1.82. The van der Waals surface area contributed by atoms with Crippen LogP contribution in [0.15, 0.2) is 30.5 Å². The molecule has 0 amide bonds. The van der Waals surface area contributed by atoms with Crippen LogP contribution in [0.4, 0.5) is 13.2 Å². The standard InChI is InChI=1S/C14H16F3N3/c1-9-12(8-20(2)19-9)13(18)7-10-3-5-11(6-4-10)14(15,16)17/h3-6,8,13H,7,18H2,1-2H3. The van der Waals surface area contributed by atoms with E-state index in [9.17, 15) is 13.2 Å². The van der Waals surface area contributed by atoms with Crippen LogP contribution in [0.3, 0.4) is 0 Å². The zero-order valence-electron chi connectivity index (χ0n) is 11.3. The van der Waals surface area contributed by atoms with Crippen LogP contribution in [0.25, 0.3) is 0 Å². The Labute approximate surface area is 115 Å². The molecule has 0 saturated carbocycles. The molecule has 0 radical (unpaired) electrons. The summed E-state index contributed by atoms with van der Waals surface area (Å²) in [6, 6.07) is 4.82. The van der Waals surface area contributed by atoms with Crippen molar-refractivity contribution in [3.63, 3.8) is 0 Å². The molecule has 0 aliphatic heterocycles. The van der Waals surface area contributed by atoms with E-state index in [0.717, 1.165) is 29.0 Å². The van der Waals surface area contributed by atoms with Crippen LogP contribution in [0.1, 0.15) is 28.4 Å². The summed E-state index contributed by atoms with van der Waals surface area (Å²) < 4.78 is 39.1. The second-order valence-corrected chi connectivity index (χ2v) is 4.85. The number of benzene rings is 1. The van der Waals surface area contributed by atoms with Gasteiger partial charge in [0.1, 0.15) is 0 Å². The fourth-order valence-corrected chi connectivity index (χ4v) is 2.18. The van der Waals surface area contributed by atoms with Gasteiger partial charge in [-0.2, -0.15) is 18.3 Å². The summed E-state index contributed by atoms with van der Waals surface area (Å²) in [5.74, 6) is 0. The number of nitrogens with zero attached hydrogens (tertiary/aromatic N) is 2. The average Bonchev–Trinajstić information content (AvgIpc) is 2.68. The molecule has 1 aromatic heterocycles. The lowest BCUT2D eigenvalue weighted by atomic mass is 9.99. The minimum absolute atomic E-state index is 0.277. The molecule has 2 N–H and O–H groups in total. The van der Waals surface area contributed by atoms with Crippen LogP contribution in [0, 0.1) is 6.92 Å². The highest BCUT2D eigenvalue weighted by Gasteiger charge is 2.30. The first-order valence-electron chi connectivity index (χ1n) is 6.19. The molecule has 3 nitrogen and oxygen atoms in total. The van der Waals surface area contributed by atoms with Crippen molar-refractivity contribution in [2.45, 2.75) is 25.6 Å². The zero-order valence-corrected chi connectivity index (χ0v) is 11.3. The molecule has 0 aliphatic rings. The first kappa shape index (κ1) is 14.6. The van der Waals surface area contributed by atoms with Gasteiger partial charge in [0, 0.05) is 24.8 Å². The van der Waals surface area contributed by atoms with E-state index in [1.54, 1.807) is 11.7 Å². The summed E-state index contributed by atoms with van der Waals surface area (Å²) in [4.78, 5) is 0. The number of alkyl halides is 3. The molecule has 1 atom stereocenters. The van der Waals surface area contributed by atoms with Gasteiger partial charge in [-0.1, -0.05) is 12.1 Å². The minimum Gasteiger partial charge on any atom is -0.324 e. The Morgan fingerprint density at radius 2 is 1.85 bits per heavy atom. The predicted molar refractivity (Wildman–Crippen MR) is 70.0 cm³/mol. The molecule has 0 spiro atoms. The molecule has 0 saturated heterocycles. The van der Waals surface area contributed by atoms with E-state index in [4.69, 9.17) is 5.73 Å². The van der Waals surface area contributed by atoms with E-state index in [2.05, 4.69) is 5.10 Å². The number of nitrogens with two attached hydrogens (primary N) is 1. The minimum atomic E-state index is -4.30. The number of hydrogen-bond acceptors (Lipinski definition) is 2.